The highest BCUT2D eigenvalue weighted by Crippen LogP contribution is 2.17. The summed E-state index contributed by atoms with van der Waals surface area (Å²) in [6.45, 7) is 8.39. The Morgan fingerprint density at radius 2 is 1.87 bits per heavy atom. The van der Waals surface area contributed by atoms with Crippen molar-refractivity contribution < 1.29 is 14.3 Å². The van der Waals surface area contributed by atoms with Gasteiger partial charge in [0.2, 0.25) is 5.91 Å². The lowest BCUT2D eigenvalue weighted by molar-refractivity contribution is -0.143. The highest BCUT2D eigenvalue weighted by atomic mass is 16.5. The summed E-state index contributed by atoms with van der Waals surface area (Å²) in [4.78, 5) is 22.1. The number of hydrogen-bond donors (Lipinski definition) is 1. The van der Waals surface area contributed by atoms with E-state index in [0.717, 1.165) is 0 Å². The van der Waals surface area contributed by atoms with Gasteiger partial charge in [0.1, 0.15) is 6.61 Å². The van der Waals surface area contributed by atoms with Crippen molar-refractivity contribution in [3.8, 4) is 0 Å². The van der Waals surface area contributed by atoms with Crippen molar-refractivity contribution in [1.82, 2.24) is 5.32 Å². The highest BCUT2D eigenvalue weighted by molar-refractivity contribution is 5.76. The number of hydrogen-bond acceptors (Lipinski definition) is 3. The summed E-state index contributed by atoms with van der Waals surface area (Å²) in [6.07, 6.45) is 0.852. The smallest absolute Gasteiger partial charge is 0.305 e. The van der Waals surface area contributed by atoms with E-state index in [2.05, 4.69) is 5.32 Å². The van der Waals surface area contributed by atoms with Crippen molar-refractivity contribution in [2.75, 3.05) is 13.2 Å². The van der Waals surface area contributed by atoms with Gasteiger partial charge in [-0.25, -0.2) is 0 Å². The molecule has 0 fully saturated rings. The lowest BCUT2D eigenvalue weighted by Gasteiger charge is -2.17. The largest absolute Gasteiger partial charge is 0.464 e. The molecule has 0 heterocycles. The van der Waals surface area contributed by atoms with Crippen molar-refractivity contribution >= 4 is 11.9 Å². The zero-order valence-electron chi connectivity index (χ0n) is 10.1. The first-order valence-corrected chi connectivity index (χ1v) is 5.27. The predicted octanol–water partition coefficient (Wildman–Crippen LogP) is 1.49. The van der Waals surface area contributed by atoms with E-state index in [1.54, 1.807) is 6.92 Å². The standard InChI is InChI=1S/C11H21NO3/c1-5-10(14)15-7-6-12-9(13)8-11(2,3)4/h5-8H2,1-4H3,(H,12,13). The summed E-state index contributed by atoms with van der Waals surface area (Å²) in [7, 11) is 0. The molecule has 0 spiro atoms. The van der Waals surface area contributed by atoms with E-state index >= 15 is 0 Å². The van der Waals surface area contributed by atoms with Gasteiger partial charge in [-0.3, -0.25) is 9.59 Å². The maximum absolute atomic E-state index is 11.3. The number of nitrogens with one attached hydrogen (secondary N) is 1. The van der Waals surface area contributed by atoms with Gasteiger partial charge in [-0.2, -0.15) is 0 Å². The third-order valence-electron chi connectivity index (χ3n) is 1.67. The third-order valence-corrected chi connectivity index (χ3v) is 1.67. The molecule has 0 atom stereocenters. The first kappa shape index (κ1) is 13.9. The fourth-order valence-corrected chi connectivity index (χ4v) is 1.00. The maximum atomic E-state index is 11.3. The van der Waals surface area contributed by atoms with E-state index in [1.807, 2.05) is 20.8 Å². The second kappa shape index (κ2) is 6.43. The molecule has 1 amide bonds. The van der Waals surface area contributed by atoms with E-state index in [9.17, 15) is 9.59 Å². The van der Waals surface area contributed by atoms with Crippen LogP contribution in [-0.2, 0) is 14.3 Å². The molecule has 0 aromatic heterocycles. The van der Waals surface area contributed by atoms with Crippen molar-refractivity contribution in [3.05, 3.63) is 0 Å². The van der Waals surface area contributed by atoms with Crippen LogP contribution < -0.4 is 5.32 Å². The second-order valence-corrected chi connectivity index (χ2v) is 4.66. The molecule has 0 radical (unpaired) electrons. The molecule has 0 unspecified atom stereocenters. The number of ether oxygens (including phenoxy) is 1. The summed E-state index contributed by atoms with van der Waals surface area (Å²) >= 11 is 0. The SMILES string of the molecule is CCC(=O)OCCNC(=O)CC(C)(C)C. The Kier molecular flexibility index (Phi) is 5.97. The summed E-state index contributed by atoms with van der Waals surface area (Å²) in [5, 5.41) is 2.70. The molecule has 0 aliphatic carbocycles. The summed E-state index contributed by atoms with van der Waals surface area (Å²) in [6, 6.07) is 0. The molecule has 4 heteroatoms. The molecule has 0 saturated heterocycles. The van der Waals surface area contributed by atoms with Crippen LogP contribution in [0.3, 0.4) is 0 Å². The average molecular weight is 215 g/mol. The number of esters is 1. The Bertz CT molecular complexity index is 218. The van der Waals surface area contributed by atoms with Crippen LogP contribution in [0.2, 0.25) is 0 Å². The minimum absolute atomic E-state index is 0.00459. The Morgan fingerprint density at radius 1 is 1.27 bits per heavy atom. The van der Waals surface area contributed by atoms with Crippen LogP contribution in [0.1, 0.15) is 40.5 Å². The van der Waals surface area contributed by atoms with Crippen LogP contribution in [0.5, 0.6) is 0 Å². The van der Waals surface area contributed by atoms with Gasteiger partial charge in [-0.1, -0.05) is 27.7 Å². The molecule has 0 aromatic carbocycles. The Morgan fingerprint density at radius 3 is 2.33 bits per heavy atom. The van der Waals surface area contributed by atoms with Gasteiger partial charge in [-0.15, -0.1) is 0 Å². The van der Waals surface area contributed by atoms with Crippen LogP contribution in [0, 0.1) is 5.41 Å². The molecule has 1 N–H and O–H groups in total. The fraction of sp³-hybridized carbons (Fsp3) is 0.818. The average Bonchev–Trinajstić information content (AvgIpc) is 2.09. The van der Waals surface area contributed by atoms with Crippen LogP contribution in [0.4, 0.5) is 0 Å². The molecule has 0 rings (SSSR count). The van der Waals surface area contributed by atoms with Crippen molar-refractivity contribution in [1.29, 1.82) is 0 Å². The van der Waals surface area contributed by atoms with Gasteiger partial charge >= 0.3 is 5.97 Å². The minimum Gasteiger partial charge on any atom is -0.464 e. The molecule has 0 saturated carbocycles. The van der Waals surface area contributed by atoms with Crippen molar-refractivity contribution in [3.63, 3.8) is 0 Å². The summed E-state index contributed by atoms with van der Waals surface area (Å²) < 4.78 is 4.82. The molecule has 88 valence electrons. The van der Waals surface area contributed by atoms with Gasteiger partial charge in [0, 0.05) is 12.8 Å². The molecule has 15 heavy (non-hydrogen) atoms. The van der Waals surface area contributed by atoms with Crippen LogP contribution in [-0.4, -0.2) is 25.0 Å². The van der Waals surface area contributed by atoms with E-state index in [0.29, 0.717) is 19.4 Å². The molecule has 4 nitrogen and oxygen atoms in total. The van der Waals surface area contributed by atoms with E-state index < -0.39 is 0 Å². The first-order valence-electron chi connectivity index (χ1n) is 5.27. The molecule has 0 aliphatic rings. The van der Waals surface area contributed by atoms with Gasteiger partial charge in [0.15, 0.2) is 0 Å². The monoisotopic (exact) mass is 215 g/mol. The van der Waals surface area contributed by atoms with Crippen LogP contribution in [0.15, 0.2) is 0 Å². The van der Waals surface area contributed by atoms with Gasteiger partial charge in [0.05, 0.1) is 6.54 Å². The van der Waals surface area contributed by atoms with Crippen LogP contribution >= 0.6 is 0 Å². The molecular formula is C11H21NO3. The maximum Gasteiger partial charge on any atom is 0.305 e. The van der Waals surface area contributed by atoms with Crippen LogP contribution in [0.25, 0.3) is 0 Å². The highest BCUT2D eigenvalue weighted by Gasteiger charge is 2.15. The molecule has 0 aliphatic heterocycles. The lowest BCUT2D eigenvalue weighted by Crippen LogP contribution is -2.30. The zero-order chi connectivity index (χ0) is 11.9. The normalized spacial score (nSPS) is 10.9. The lowest BCUT2D eigenvalue weighted by atomic mass is 9.92. The third kappa shape index (κ3) is 9.25. The van der Waals surface area contributed by atoms with Crippen molar-refractivity contribution in [2.24, 2.45) is 5.41 Å². The quantitative estimate of drug-likeness (QED) is 0.558. The number of carbonyl (C=O) groups is 2. The predicted molar refractivity (Wildman–Crippen MR) is 58.3 cm³/mol. The minimum atomic E-state index is -0.236. The van der Waals surface area contributed by atoms with Gasteiger partial charge < -0.3 is 10.1 Å². The molecule has 0 bridgehead atoms. The zero-order valence-corrected chi connectivity index (χ0v) is 10.1. The number of rotatable bonds is 5. The van der Waals surface area contributed by atoms with Crippen molar-refractivity contribution in [2.45, 2.75) is 40.5 Å². The summed E-state index contributed by atoms with van der Waals surface area (Å²) in [5.74, 6) is -0.241. The summed E-state index contributed by atoms with van der Waals surface area (Å²) in [5.41, 5.74) is -0.00974. The van der Waals surface area contributed by atoms with Gasteiger partial charge in [-0.05, 0) is 5.41 Å². The van der Waals surface area contributed by atoms with E-state index in [4.69, 9.17) is 4.74 Å². The molecular weight excluding hydrogens is 194 g/mol. The molecule has 0 aromatic rings. The van der Waals surface area contributed by atoms with Gasteiger partial charge in [0.25, 0.3) is 0 Å². The number of carbonyl (C=O) groups excluding carboxylic acids is 2. The Hall–Kier alpha value is -1.06. The Balaban J connectivity index is 3.52. The second-order valence-electron chi connectivity index (χ2n) is 4.66. The fourth-order valence-electron chi connectivity index (χ4n) is 1.00. The van der Waals surface area contributed by atoms with E-state index in [1.165, 1.54) is 0 Å². The number of amides is 1. The topological polar surface area (TPSA) is 55.4 Å². The Labute approximate surface area is 91.4 Å². The van der Waals surface area contributed by atoms with E-state index in [-0.39, 0.29) is 23.9 Å². The first-order chi connectivity index (χ1) is 6.85.